The smallest absolute Gasteiger partial charge is 0.231 e. The summed E-state index contributed by atoms with van der Waals surface area (Å²) >= 11 is 3.26. The Morgan fingerprint density at radius 1 is 1.37 bits per heavy atom. The SMILES string of the molecule is CC1CNCC1c1nc(-c2cc(F)cc(Br)c2)no1. The molecule has 1 fully saturated rings. The minimum atomic E-state index is -0.327. The number of benzene rings is 1. The van der Waals surface area contributed by atoms with E-state index in [4.69, 9.17) is 4.52 Å². The second-order valence-corrected chi connectivity index (χ2v) is 5.77. The second-order valence-electron chi connectivity index (χ2n) is 4.86. The summed E-state index contributed by atoms with van der Waals surface area (Å²) in [7, 11) is 0. The van der Waals surface area contributed by atoms with Crippen LogP contribution in [0, 0.1) is 11.7 Å². The van der Waals surface area contributed by atoms with Gasteiger partial charge in [0.25, 0.3) is 0 Å². The van der Waals surface area contributed by atoms with Crippen LogP contribution in [0.3, 0.4) is 0 Å². The van der Waals surface area contributed by atoms with Crippen molar-refractivity contribution in [2.45, 2.75) is 12.8 Å². The maximum absolute atomic E-state index is 13.4. The first-order valence-electron chi connectivity index (χ1n) is 6.14. The lowest BCUT2D eigenvalue weighted by Crippen LogP contribution is -2.08. The summed E-state index contributed by atoms with van der Waals surface area (Å²) in [4.78, 5) is 4.39. The summed E-state index contributed by atoms with van der Waals surface area (Å²) < 4.78 is 19.3. The molecule has 6 heteroatoms. The van der Waals surface area contributed by atoms with Crippen molar-refractivity contribution >= 4 is 15.9 Å². The van der Waals surface area contributed by atoms with Gasteiger partial charge in [-0.05, 0) is 30.7 Å². The molecule has 2 aromatic rings. The Bertz CT molecular complexity index is 581. The number of halogens is 2. The Hall–Kier alpha value is -1.27. The van der Waals surface area contributed by atoms with Gasteiger partial charge in [-0.15, -0.1) is 0 Å². The third kappa shape index (κ3) is 2.55. The molecule has 0 radical (unpaired) electrons. The Morgan fingerprint density at radius 2 is 2.21 bits per heavy atom. The van der Waals surface area contributed by atoms with Crippen LogP contribution in [-0.2, 0) is 0 Å². The van der Waals surface area contributed by atoms with Gasteiger partial charge < -0.3 is 9.84 Å². The first kappa shape index (κ1) is 12.7. The molecular formula is C13H13BrFN3O. The molecule has 1 aromatic heterocycles. The summed E-state index contributed by atoms with van der Waals surface area (Å²) in [5.41, 5.74) is 0.612. The van der Waals surface area contributed by atoms with Crippen LogP contribution in [0.15, 0.2) is 27.2 Å². The summed E-state index contributed by atoms with van der Waals surface area (Å²) in [6, 6.07) is 4.57. The number of hydrogen-bond donors (Lipinski definition) is 1. The summed E-state index contributed by atoms with van der Waals surface area (Å²) in [5.74, 6) is 1.42. The van der Waals surface area contributed by atoms with Crippen molar-refractivity contribution in [1.29, 1.82) is 0 Å². The predicted molar refractivity (Wildman–Crippen MR) is 72.2 cm³/mol. The van der Waals surface area contributed by atoms with E-state index in [0.29, 0.717) is 27.7 Å². The fourth-order valence-corrected chi connectivity index (χ4v) is 2.79. The van der Waals surface area contributed by atoms with E-state index < -0.39 is 0 Å². The molecule has 2 heterocycles. The van der Waals surface area contributed by atoms with E-state index in [0.717, 1.165) is 13.1 Å². The van der Waals surface area contributed by atoms with E-state index >= 15 is 0 Å². The quantitative estimate of drug-likeness (QED) is 0.922. The van der Waals surface area contributed by atoms with Crippen molar-refractivity contribution in [3.63, 3.8) is 0 Å². The summed E-state index contributed by atoms with van der Waals surface area (Å²) in [5, 5.41) is 7.24. The van der Waals surface area contributed by atoms with Gasteiger partial charge in [-0.1, -0.05) is 28.0 Å². The second kappa shape index (κ2) is 5.02. The van der Waals surface area contributed by atoms with E-state index in [9.17, 15) is 4.39 Å². The van der Waals surface area contributed by atoms with Gasteiger partial charge >= 0.3 is 0 Å². The van der Waals surface area contributed by atoms with E-state index in [2.05, 4.69) is 38.3 Å². The zero-order valence-corrected chi connectivity index (χ0v) is 11.9. The normalized spacial score (nSPS) is 22.9. The van der Waals surface area contributed by atoms with Crippen LogP contribution in [0.1, 0.15) is 18.7 Å². The molecule has 1 saturated heterocycles. The molecule has 100 valence electrons. The molecule has 0 bridgehead atoms. The zero-order valence-electron chi connectivity index (χ0n) is 10.4. The van der Waals surface area contributed by atoms with Crippen LogP contribution in [0.5, 0.6) is 0 Å². The first-order valence-corrected chi connectivity index (χ1v) is 6.93. The largest absolute Gasteiger partial charge is 0.339 e. The average Bonchev–Trinajstić information content (AvgIpc) is 2.95. The maximum Gasteiger partial charge on any atom is 0.231 e. The van der Waals surface area contributed by atoms with Crippen LogP contribution >= 0.6 is 15.9 Å². The standard InChI is InChI=1S/C13H13BrFN3O/c1-7-5-16-6-11(7)13-17-12(18-19-13)8-2-9(14)4-10(15)3-8/h2-4,7,11,16H,5-6H2,1H3. The number of hydrogen-bond acceptors (Lipinski definition) is 4. The molecule has 2 unspecified atom stereocenters. The van der Waals surface area contributed by atoms with Gasteiger partial charge in [-0.3, -0.25) is 0 Å². The van der Waals surface area contributed by atoms with Gasteiger partial charge in [0.2, 0.25) is 11.7 Å². The van der Waals surface area contributed by atoms with Gasteiger partial charge in [-0.25, -0.2) is 4.39 Å². The molecule has 0 saturated carbocycles. The summed E-state index contributed by atoms with van der Waals surface area (Å²) in [6.07, 6.45) is 0. The monoisotopic (exact) mass is 325 g/mol. The molecular weight excluding hydrogens is 313 g/mol. The molecule has 0 amide bonds. The Balaban J connectivity index is 1.92. The van der Waals surface area contributed by atoms with E-state index in [1.165, 1.54) is 12.1 Å². The van der Waals surface area contributed by atoms with Gasteiger partial charge in [0.1, 0.15) is 5.82 Å². The van der Waals surface area contributed by atoms with Gasteiger partial charge in [-0.2, -0.15) is 4.98 Å². The first-order chi connectivity index (χ1) is 9.13. The van der Waals surface area contributed by atoms with Crippen molar-refractivity contribution in [2.24, 2.45) is 5.92 Å². The molecule has 19 heavy (non-hydrogen) atoms. The third-order valence-electron chi connectivity index (χ3n) is 3.40. The topological polar surface area (TPSA) is 51.0 Å². The highest BCUT2D eigenvalue weighted by atomic mass is 79.9. The van der Waals surface area contributed by atoms with E-state index in [1.807, 2.05) is 0 Å². The summed E-state index contributed by atoms with van der Waals surface area (Å²) in [6.45, 7) is 3.94. The Morgan fingerprint density at radius 3 is 2.89 bits per heavy atom. The predicted octanol–water partition coefficient (Wildman–Crippen LogP) is 2.96. The highest BCUT2D eigenvalue weighted by Gasteiger charge is 2.29. The van der Waals surface area contributed by atoms with Crippen molar-refractivity contribution in [3.05, 3.63) is 34.4 Å². The average molecular weight is 326 g/mol. The molecule has 1 aliphatic heterocycles. The Labute approximate surface area is 118 Å². The lowest BCUT2D eigenvalue weighted by atomic mass is 9.98. The van der Waals surface area contributed by atoms with Crippen LogP contribution < -0.4 is 5.32 Å². The molecule has 1 aliphatic rings. The molecule has 0 aliphatic carbocycles. The van der Waals surface area contributed by atoms with Gasteiger partial charge in [0.05, 0.1) is 5.92 Å². The number of nitrogens with zero attached hydrogens (tertiary/aromatic N) is 2. The van der Waals surface area contributed by atoms with Gasteiger partial charge in [0.15, 0.2) is 0 Å². The molecule has 0 spiro atoms. The van der Waals surface area contributed by atoms with Crippen molar-refractivity contribution in [2.75, 3.05) is 13.1 Å². The highest BCUT2D eigenvalue weighted by Crippen LogP contribution is 2.29. The number of rotatable bonds is 2. The number of nitrogens with one attached hydrogen (secondary N) is 1. The molecule has 1 aromatic carbocycles. The zero-order chi connectivity index (χ0) is 13.4. The molecule has 2 atom stereocenters. The highest BCUT2D eigenvalue weighted by molar-refractivity contribution is 9.10. The lowest BCUT2D eigenvalue weighted by molar-refractivity contribution is 0.340. The van der Waals surface area contributed by atoms with E-state index in [1.54, 1.807) is 6.07 Å². The molecule has 4 nitrogen and oxygen atoms in total. The number of aromatic nitrogens is 2. The molecule has 3 rings (SSSR count). The third-order valence-corrected chi connectivity index (χ3v) is 3.85. The van der Waals surface area contributed by atoms with Crippen LogP contribution in [0.25, 0.3) is 11.4 Å². The fourth-order valence-electron chi connectivity index (χ4n) is 2.33. The van der Waals surface area contributed by atoms with Crippen molar-refractivity contribution in [3.8, 4) is 11.4 Å². The van der Waals surface area contributed by atoms with Crippen LogP contribution in [-0.4, -0.2) is 23.2 Å². The van der Waals surface area contributed by atoms with Gasteiger partial charge in [0, 0.05) is 16.6 Å². The van der Waals surface area contributed by atoms with Crippen molar-refractivity contribution < 1.29 is 8.91 Å². The van der Waals surface area contributed by atoms with Crippen LogP contribution in [0.4, 0.5) is 4.39 Å². The lowest BCUT2D eigenvalue weighted by Gasteiger charge is -2.07. The Kier molecular flexibility index (Phi) is 3.36. The molecule has 1 N–H and O–H groups in total. The minimum Gasteiger partial charge on any atom is -0.339 e. The van der Waals surface area contributed by atoms with Crippen LogP contribution in [0.2, 0.25) is 0 Å². The fraction of sp³-hybridized carbons (Fsp3) is 0.385. The van der Waals surface area contributed by atoms with Crippen molar-refractivity contribution in [1.82, 2.24) is 15.5 Å². The minimum absolute atomic E-state index is 0.234. The van der Waals surface area contributed by atoms with E-state index in [-0.39, 0.29) is 11.7 Å². The maximum atomic E-state index is 13.4.